The predicted molar refractivity (Wildman–Crippen MR) is 57.7 cm³/mol. The molecule has 0 spiro atoms. The van der Waals surface area contributed by atoms with E-state index in [-0.39, 0.29) is 0 Å². The van der Waals surface area contributed by atoms with Crippen LogP contribution in [-0.2, 0) is 4.74 Å². The minimum atomic E-state index is 0.855. The summed E-state index contributed by atoms with van der Waals surface area (Å²) in [5, 5.41) is 0. The van der Waals surface area contributed by atoms with Gasteiger partial charge in [-0.15, -0.1) is 0 Å². The molecule has 68 valence electrons. The van der Waals surface area contributed by atoms with Crippen LogP contribution in [0.1, 0.15) is 0 Å². The molecule has 0 amide bonds. The summed E-state index contributed by atoms with van der Waals surface area (Å²) in [4.78, 5) is 2.37. The zero-order valence-electron chi connectivity index (χ0n) is 7.99. The van der Waals surface area contributed by atoms with E-state index < -0.39 is 0 Å². The topological polar surface area (TPSA) is 12.5 Å². The van der Waals surface area contributed by atoms with Crippen LogP contribution < -0.4 is 10.4 Å². The van der Waals surface area contributed by atoms with E-state index in [0.717, 1.165) is 26.3 Å². The summed E-state index contributed by atoms with van der Waals surface area (Å²) in [6, 6.07) is 8.63. The standard InChI is InChI=1S/C10H14BNO/c11-9-2-1-3-10(8-9)12-4-6-13-7-5-12/h1-3,8H,4-7,11H2. The summed E-state index contributed by atoms with van der Waals surface area (Å²) in [5.74, 6) is 0. The Labute approximate surface area is 79.9 Å². The van der Waals surface area contributed by atoms with Gasteiger partial charge in [0.05, 0.1) is 13.2 Å². The van der Waals surface area contributed by atoms with Gasteiger partial charge in [-0.05, 0) is 12.1 Å². The van der Waals surface area contributed by atoms with Crippen LogP contribution in [0.3, 0.4) is 0 Å². The first-order chi connectivity index (χ1) is 6.36. The maximum Gasteiger partial charge on any atom is 0.139 e. The van der Waals surface area contributed by atoms with Gasteiger partial charge in [-0.3, -0.25) is 0 Å². The van der Waals surface area contributed by atoms with E-state index in [4.69, 9.17) is 4.74 Å². The Hall–Kier alpha value is -0.955. The number of anilines is 1. The molecule has 0 bridgehead atoms. The fraction of sp³-hybridized carbons (Fsp3) is 0.400. The first-order valence-electron chi connectivity index (χ1n) is 4.75. The lowest BCUT2D eigenvalue weighted by Gasteiger charge is -2.29. The molecule has 3 heteroatoms. The van der Waals surface area contributed by atoms with E-state index >= 15 is 0 Å². The van der Waals surface area contributed by atoms with Crippen LogP contribution in [0, 0.1) is 0 Å². The van der Waals surface area contributed by atoms with E-state index in [1.807, 2.05) is 0 Å². The first-order valence-corrected chi connectivity index (χ1v) is 4.75. The van der Waals surface area contributed by atoms with Crippen molar-refractivity contribution in [2.24, 2.45) is 0 Å². The molecule has 1 aliphatic heterocycles. The number of ether oxygens (including phenoxy) is 1. The van der Waals surface area contributed by atoms with Crippen LogP contribution in [0.5, 0.6) is 0 Å². The molecule has 0 unspecified atom stereocenters. The van der Waals surface area contributed by atoms with Crippen LogP contribution in [-0.4, -0.2) is 34.1 Å². The van der Waals surface area contributed by atoms with Gasteiger partial charge in [-0.25, -0.2) is 0 Å². The Bertz CT molecular complexity index is 284. The maximum atomic E-state index is 5.31. The van der Waals surface area contributed by atoms with Crippen LogP contribution in [0.25, 0.3) is 0 Å². The van der Waals surface area contributed by atoms with Crippen molar-refractivity contribution in [1.82, 2.24) is 0 Å². The normalized spacial score (nSPS) is 17.4. The van der Waals surface area contributed by atoms with Crippen molar-refractivity contribution in [2.45, 2.75) is 0 Å². The predicted octanol–water partition coefficient (Wildman–Crippen LogP) is -0.218. The molecular weight excluding hydrogens is 161 g/mol. The highest BCUT2D eigenvalue weighted by atomic mass is 16.5. The van der Waals surface area contributed by atoms with Gasteiger partial charge in [0.15, 0.2) is 0 Å². The average Bonchev–Trinajstić information content (AvgIpc) is 2.19. The molecule has 1 fully saturated rings. The van der Waals surface area contributed by atoms with E-state index in [9.17, 15) is 0 Å². The van der Waals surface area contributed by atoms with E-state index in [1.54, 1.807) is 0 Å². The zero-order valence-corrected chi connectivity index (χ0v) is 7.99. The summed E-state index contributed by atoms with van der Waals surface area (Å²) in [7, 11) is 2.13. The number of rotatable bonds is 1. The number of hydrogen-bond acceptors (Lipinski definition) is 2. The molecule has 0 aliphatic carbocycles. The Balaban J connectivity index is 2.14. The molecule has 1 aromatic carbocycles. The number of benzene rings is 1. The van der Waals surface area contributed by atoms with Gasteiger partial charge in [0.2, 0.25) is 0 Å². The van der Waals surface area contributed by atoms with Crippen molar-refractivity contribution in [1.29, 1.82) is 0 Å². The Morgan fingerprint density at radius 2 is 2.00 bits per heavy atom. The molecular formula is C10H14BNO. The van der Waals surface area contributed by atoms with Gasteiger partial charge in [-0.2, -0.15) is 0 Å². The Kier molecular flexibility index (Phi) is 2.55. The second-order valence-electron chi connectivity index (χ2n) is 3.44. The molecule has 13 heavy (non-hydrogen) atoms. The van der Waals surface area contributed by atoms with E-state index in [1.165, 1.54) is 11.2 Å². The van der Waals surface area contributed by atoms with Gasteiger partial charge in [0.1, 0.15) is 7.85 Å². The molecule has 2 nitrogen and oxygen atoms in total. The van der Waals surface area contributed by atoms with Crippen molar-refractivity contribution < 1.29 is 4.74 Å². The second kappa shape index (κ2) is 3.84. The van der Waals surface area contributed by atoms with E-state index in [0.29, 0.717) is 0 Å². The second-order valence-corrected chi connectivity index (χ2v) is 3.44. The summed E-state index contributed by atoms with van der Waals surface area (Å²) < 4.78 is 5.31. The van der Waals surface area contributed by atoms with Gasteiger partial charge in [0.25, 0.3) is 0 Å². The smallest absolute Gasteiger partial charge is 0.139 e. The monoisotopic (exact) mass is 175 g/mol. The third-order valence-electron chi connectivity index (χ3n) is 2.38. The molecule has 0 saturated carbocycles. The Morgan fingerprint density at radius 1 is 1.23 bits per heavy atom. The van der Waals surface area contributed by atoms with Gasteiger partial charge < -0.3 is 9.64 Å². The minimum absolute atomic E-state index is 0.855. The molecule has 1 heterocycles. The lowest BCUT2D eigenvalue weighted by molar-refractivity contribution is 0.122. The first kappa shape index (κ1) is 8.63. The highest BCUT2D eigenvalue weighted by Crippen LogP contribution is 2.12. The molecule has 1 saturated heterocycles. The molecule has 1 aliphatic rings. The fourth-order valence-electron chi connectivity index (χ4n) is 1.65. The lowest BCUT2D eigenvalue weighted by atomic mass is 9.96. The van der Waals surface area contributed by atoms with Gasteiger partial charge in [-0.1, -0.05) is 17.6 Å². The van der Waals surface area contributed by atoms with Crippen molar-refractivity contribution in [3.63, 3.8) is 0 Å². The third kappa shape index (κ3) is 2.04. The van der Waals surface area contributed by atoms with Gasteiger partial charge in [0, 0.05) is 18.8 Å². The highest BCUT2D eigenvalue weighted by Gasteiger charge is 2.10. The van der Waals surface area contributed by atoms with Crippen molar-refractivity contribution in [3.05, 3.63) is 24.3 Å². The highest BCUT2D eigenvalue weighted by molar-refractivity contribution is 6.32. The van der Waals surface area contributed by atoms with Crippen molar-refractivity contribution >= 4 is 19.0 Å². The minimum Gasteiger partial charge on any atom is -0.378 e. The maximum absolute atomic E-state index is 5.31. The molecule has 0 atom stereocenters. The quantitative estimate of drug-likeness (QED) is 0.547. The molecule has 2 rings (SSSR count). The lowest BCUT2D eigenvalue weighted by Crippen LogP contribution is -2.36. The number of morpholine rings is 1. The fourth-order valence-corrected chi connectivity index (χ4v) is 1.65. The molecule has 0 aromatic heterocycles. The molecule has 1 aromatic rings. The number of nitrogens with zero attached hydrogens (tertiary/aromatic N) is 1. The van der Waals surface area contributed by atoms with Gasteiger partial charge >= 0.3 is 0 Å². The van der Waals surface area contributed by atoms with Crippen LogP contribution >= 0.6 is 0 Å². The SMILES string of the molecule is Bc1cccc(N2CCOCC2)c1. The summed E-state index contributed by atoms with van der Waals surface area (Å²) in [6.45, 7) is 3.74. The molecule has 0 radical (unpaired) electrons. The largest absolute Gasteiger partial charge is 0.378 e. The van der Waals surface area contributed by atoms with Crippen LogP contribution in [0.2, 0.25) is 0 Å². The third-order valence-corrected chi connectivity index (χ3v) is 2.38. The average molecular weight is 175 g/mol. The summed E-state index contributed by atoms with van der Waals surface area (Å²) >= 11 is 0. The summed E-state index contributed by atoms with van der Waals surface area (Å²) in [5.41, 5.74) is 2.65. The van der Waals surface area contributed by atoms with E-state index in [2.05, 4.69) is 37.0 Å². The van der Waals surface area contributed by atoms with Crippen LogP contribution in [0.15, 0.2) is 24.3 Å². The Morgan fingerprint density at radius 3 is 2.69 bits per heavy atom. The van der Waals surface area contributed by atoms with Crippen LogP contribution in [0.4, 0.5) is 5.69 Å². The van der Waals surface area contributed by atoms with Crippen molar-refractivity contribution in [3.8, 4) is 0 Å². The molecule has 0 N–H and O–H groups in total. The summed E-state index contributed by atoms with van der Waals surface area (Å²) in [6.07, 6.45) is 0. The zero-order chi connectivity index (χ0) is 9.10. The van der Waals surface area contributed by atoms with Crippen molar-refractivity contribution in [2.75, 3.05) is 31.2 Å². The number of hydrogen-bond donors (Lipinski definition) is 0.